The Morgan fingerprint density at radius 1 is 1.21 bits per heavy atom. The summed E-state index contributed by atoms with van der Waals surface area (Å²) in [5.74, 6) is 1.59. The lowest BCUT2D eigenvalue weighted by atomic mass is 10.00. The van der Waals surface area contributed by atoms with Crippen LogP contribution in [0.3, 0.4) is 0 Å². The minimum absolute atomic E-state index is 0.303. The molecule has 0 aromatic carbocycles. The summed E-state index contributed by atoms with van der Waals surface area (Å²) >= 11 is 0. The number of anilines is 2. The van der Waals surface area contributed by atoms with Crippen molar-refractivity contribution < 1.29 is 0 Å². The minimum atomic E-state index is 0.303. The van der Waals surface area contributed by atoms with Crippen LogP contribution in [0.5, 0.6) is 0 Å². The predicted molar refractivity (Wildman–Crippen MR) is 113 cm³/mol. The Kier molecular flexibility index (Phi) is 5.02. The van der Waals surface area contributed by atoms with E-state index in [4.69, 9.17) is 16.1 Å². The van der Waals surface area contributed by atoms with Gasteiger partial charge in [0.1, 0.15) is 5.82 Å². The normalized spacial score (nSPS) is 16.8. The van der Waals surface area contributed by atoms with E-state index in [1.54, 1.807) is 18.6 Å². The van der Waals surface area contributed by atoms with E-state index >= 15 is 0 Å². The number of pyridine rings is 3. The molecule has 1 saturated heterocycles. The number of aromatic nitrogens is 3. The Morgan fingerprint density at radius 3 is 2.89 bits per heavy atom. The van der Waals surface area contributed by atoms with Crippen LogP contribution in [0.1, 0.15) is 31.0 Å². The Balaban J connectivity index is 1.65. The van der Waals surface area contributed by atoms with Gasteiger partial charge in [0.2, 0.25) is 0 Å². The first-order valence-corrected chi connectivity index (χ1v) is 9.59. The molecule has 1 fully saturated rings. The lowest BCUT2D eigenvalue weighted by Gasteiger charge is -2.32. The molecular formula is C22H24N6. The molecule has 4 heterocycles. The van der Waals surface area contributed by atoms with E-state index < -0.39 is 0 Å². The molecule has 1 aliphatic heterocycles. The molecule has 0 radical (unpaired) electrons. The number of hydrogen-bond acceptors (Lipinski definition) is 6. The minimum Gasteiger partial charge on any atom is -0.397 e. The Morgan fingerprint density at radius 2 is 2.11 bits per heavy atom. The average Bonchev–Trinajstić information content (AvgIpc) is 2.74. The van der Waals surface area contributed by atoms with Gasteiger partial charge < -0.3 is 10.6 Å². The van der Waals surface area contributed by atoms with Gasteiger partial charge in [-0.2, -0.15) is 0 Å². The van der Waals surface area contributed by atoms with Gasteiger partial charge in [-0.3, -0.25) is 15.4 Å². The van der Waals surface area contributed by atoms with Gasteiger partial charge in [-0.15, -0.1) is 0 Å². The predicted octanol–water partition coefficient (Wildman–Crippen LogP) is 3.77. The first-order valence-electron chi connectivity index (χ1n) is 9.59. The first kappa shape index (κ1) is 18.1. The second kappa shape index (κ2) is 7.76. The van der Waals surface area contributed by atoms with Gasteiger partial charge in [-0.1, -0.05) is 13.0 Å². The summed E-state index contributed by atoms with van der Waals surface area (Å²) in [5.41, 5.74) is 9.79. The van der Waals surface area contributed by atoms with Crippen molar-refractivity contribution in [1.29, 1.82) is 5.41 Å². The highest BCUT2D eigenvalue weighted by Crippen LogP contribution is 2.25. The Bertz CT molecular complexity index is 985. The van der Waals surface area contributed by atoms with Crippen molar-refractivity contribution in [3.63, 3.8) is 0 Å². The summed E-state index contributed by atoms with van der Waals surface area (Å²) in [7, 11) is 0. The number of nitrogens with zero attached hydrogens (tertiary/aromatic N) is 4. The molecule has 28 heavy (non-hydrogen) atoms. The highest BCUT2D eigenvalue weighted by Gasteiger charge is 2.19. The fraction of sp³-hybridized carbons (Fsp3) is 0.273. The smallest absolute Gasteiger partial charge is 0.129 e. The van der Waals surface area contributed by atoms with Crippen LogP contribution in [-0.2, 0) is 0 Å². The fourth-order valence-electron chi connectivity index (χ4n) is 3.63. The maximum absolute atomic E-state index is 8.72. The van der Waals surface area contributed by atoms with Crippen molar-refractivity contribution in [2.45, 2.75) is 19.8 Å². The molecule has 1 aliphatic rings. The van der Waals surface area contributed by atoms with Crippen LogP contribution in [0.25, 0.3) is 11.3 Å². The molecule has 0 aliphatic carbocycles. The van der Waals surface area contributed by atoms with Gasteiger partial charge in [-0.05, 0) is 49.1 Å². The maximum Gasteiger partial charge on any atom is 0.129 e. The molecule has 6 nitrogen and oxygen atoms in total. The number of rotatable bonds is 4. The molecule has 1 atom stereocenters. The Hall–Kier alpha value is -3.28. The molecule has 0 spiro atoms. The quantitative estimate of drug-likeness (QED) is 0.680. The van der Waals surface area contributed by atoms with E-state index in [0.717, 1.165) is 30.2 Å². The van der Waals surface area contributed by atoms with Crippen LogP contribution in [0.15, 0.2) is 55.0 Å². The summed E-state index contributed by atoms with van der Waals surface area (Å²) in [4.78, 5) is 15.6. The maximum atomic E-state index is 8.72. The zero-order valence-electron chi connectivity index (χ0n) is 16.0. The molecule has 6 heteroatoms. The van der Waals surface area contributed by atoms with Crippen LogP contribution >= 0.6 is 0 Å². The number of nitrogens with one attached hydrogen (secondary N) is 1. The zero-order chi connectivity index (χ0) is 19.5. The van der Waals surface area contributed by atoms with Gasteiger partial charge in [0, 0.05) is 36.6 Å². The molecule has 0 bridgehead atoms. The first-order chi connectivity index (χ1) is 13.6. The molecule has 0 saturated carbocycles. The van der Waals surface area contributed by atoms with E-state index in [9.17, 15) is 0 Å². The van der Waals surface area contributed by atoms with Gasteiger partial charge in [0.15, 0.2) is 0 Å². The third-order valence-electron chi connectivity index (χ3n) is 5.13. The van der Waals surface area contributed by atoms with Crippen molar-refractivity contribution >= 4 is 17.2 Å². The highest BCUT2D eigenvalue weighted by atomic mass is 15.2. The lowest BCUT2D eigenvalue weighted by molar-refractivity contribution is 0.444. The number of piperidine rings is 1. The molecule has 3 aromatic rings. The van der Waals surface area contributed by atoms with Crippen LogP contribution in [0.4, 0.5) is 11.5 Å². The second-order valence-electron chi connectivity index (χ2n) is 7.35. The highest BCUT2D eigenvalue weighted by molar-refractivity contribution is 6.13. The Labute approximate surface area is 165 Å². The summed E-state index contributed by atoms with van der Waals surface area (Å²) in [6.45, 7) is 4.29. The van der Waals surface area contributed by atoms with Crippen molar-refractivity contribution in [3.05, 3.63) is 66.2 Å². The van der Waals surface area contributed by atoms with Crippen molar-refractivity contribution in [2.24, 2.45) is 5.92 Å². The second-order valence-corrected chi connectivity index (χ2v) is 7.35. The van der Waals surface area contributed by atoms with Crippen LogP contribution < -0.4 is 10.6 Å². The molecule has 1 unspecified atom stereocenters. The van der Waals surface area contributed by atoms with E-state index in [2.05, 4.69) is 21.8 Å². The number of nitrogen functional groups attached to an aromatic ring is 1. The third kappa shape index (κ3) is 3.71. The summed E-state index contributed by atoms with van der Waals surface area (Å²) in [5, 5.41) is 8.72. The topological polar surface area (TPSA) is 91.8 Å². The van der Waals surface area contributed by atoms with E-state index in [1.165, 1.54) is 12.8 Å². The zero-order valence-corrected chi connectivity index (χ0v) is 16.0. The fourth-order valence-corrected chi connectivity index (χ4v) is 3.63. The van der Waals surface area contributed by atoms with Crippen molar-refractivity contribution in [3.8, 4) is 11.3 Å². The van der Waals surface area contributed by atoms with E-state index in [-0.39, 0.29) is 0 Å². The largest absolute Gasteiger partial charge is 0.397 e. The number of hydrogen-bond donors (Lipinski definition) is 2. The van der Waals surface area contributed by atoms with Gasteiger partial charge >= 0.3 is 0 Å². The van der Waals surface area contributed by atoms with Crippen LogP contribution in [-0.4, -0.2) is 33.8 Å². The molecule has 3 aromatic heterocycles. The third-order valence-corrected chi connectivity index (χ3v) is 5.13. The lowest BCUT2D eigenvalue weighted by Crippen LogP contribution is -2.35. The number of nitrogens with two attached hydrogens (primary N) is 1. The van der Waals surface area contributed by atoms with E-state index in [0.29, 0.717) is 28.6 Å². The van der Waals surface area contributed by atoms with Crippen LogP contribution in [0, 0.1) is 11.3 Å². The molecule has 3 N–H and O–H groups in total. The summed E-state index contributed by atoms with van der Waals surface area (Å²) in [6.07, 6.45) is 7.51. The van der Waals surface area contributed by atoms with Crippen molar-refractivity contribution in [1.82, 2.24) is 15.0 Å². The SMILES string of the molecule is CC1CCCN(c2cccc(C(=N)c3cc(-c4cccnc4)ncc3N)n2)C1. The van der Waals surface area contributed by atoms with Gasteiger partial charge in [-0.25, -0.2) is 4.98 Å². The average molecular weight is 372 g/mol. The summed E-state index contributed by atoms with van der Waals surface area (Å²) in [6, 6.07) is 11.5. The monoisotopic (exact) mass is 372 g/mol. The van der Waals surface area contributed by atoms with Crippen molar-refractivity contribution in [2.75, 3.05) is 23.7 Å². The summed E-state index contributed by atoms with van der Waals surface area (Å²) < 4.78 is 0. The van der Waals surface area contributed by atoms with Gasteiger partial charge in [0.05, 0.1) is 29.0 Å². The molecule has 4 rings (SSSR count). The van der Waals surface area contributed by atoms with Crippen LogP contribution in [0.2, 0.25) is 0 Å². The molecular weight excluding hydrogens is 348 g/mol. The van der Waals surface area contributed by atoms with Gasteiger partial charge in [0.25, 0.3) is 0 Å². The standard InChI is InChI=1S/C22H24N6/c1-15-5-4-10-28(14-15)21-8-2-7-19(27-21)22(24)17-11-20(26-13-18(17)23)16-6-3-9-25-12-16/h2-3,6-9,11-13,15,24H,4-5,10,14,23H2,1H3. The van der Waals surface area contributed by atoms with E-state index in [1.807, 2.05) is 36.4 Å². The molecule has 142 valence electrons. The molecule has 0 amide bonds.